The van der Waals surface area contributed by atoms with E-state index in [0.29, 0.717) is 12.1 Å². The highest BCUT2D eigenvalue weighted by Crippen LogP contribution is 2.21. The predicted octanol–water partition coefficient (Wildman–Crippen LogP) is 3.17. The maximum absolute atomic E-state index is 12.0. The van der Waals surface area contributed by atoms with E-state index in [1.165, 1.54) is 0 Å². The first-order valence-corrected chi connectivity index (χ1v) is 6.88. The fourth-order valence-corrected chi connectivity index (χ4v) is 2.28. The zero-order chi connectivity index (χ0) is 13.1. The van der Waals surface area contributed by atoms with Crippen LogP contribution in [0, 0.1) is 6.92 Å². The lowest BCUT2D eigenvalue weighted by Crippen LogP contribution is -2.23. The van der Waals surface area contributed by atoms with Gasteiger partial charge >= 0.3 is 0 Å². The van der Waals surface area contributed by atoms with Gasteiger partial charge in [0, 0.05) is 26.7 Å². The SMILES string of the molecule is Cc1[nH]ncc1CNC(=O)c1cc(Br)ccc1Br. The van der Waals surface area contributed by atoms with Crippen molar-refractivity contribution in [1.82, 2.24) is 15.5 Å². The first-order valence-electron chi connectivity index (χ1n) is 5.30. The molecule has 0 aliphatic rings. The lowest BCUT2D eigenvalue weighted by Gasteiger charge is -2.07. The Morgan fingerprint density at radius 1 is 1.44 bits per heavy atom. The monoisotopic (exact) mass is 371 g/mol. The van der Waals surface area contributed by atoms with E-state index < -0.39 is 0 Å². The van der Waals surface area contributed by atoms with E-state index in [4.69, 9.17) is 0 Å². The second kappa shape index (κ2) is 5.67. The van der Waals surface area contributed by atoms with Crippen LogP contribution >= 0.6 is 31.9 Å². The number of hydrogen-bond donors (Lipinski definition) is 2. The lowest BCUT2D eigenvalue weighted by molar-refractivity contribution is 0.0950. The van der Waals surface area contributed by atoms with Gasteiger partial charge in [0.25, 0.3) is 5.91 Å². The molecule has 0 bridgehead atoms. The topological polar surface area (TPSA) is 57.8 Å². The summed E-state index contributed by atoms with van der Waals surface area (Å²) < 4.78 is 1.64. The van der Waals surface area contributed by atoms with Crippen LogP contribution in [0.25, 0.3) is 0 Å². The van der Waals surface area contributed by atoms with Gasteiger partial charge in [-0.1, -0.05) is 15.9 Å². The number of nitrogens with one attached hydrogen (secondary N) is 2. The molecule has 1 aromatic carbocycles. The third-order valence-corrected chi connectivity index (χ3v) is 3.73. The first-order chi connectivity index (χ1) is 8.58. The summed E-state index contributed by atoms with van der Waals surface area (Å²) in [5.74, 6) is -0.122. The second-order valence-corrected chi connectivity index (χ2v) is 5.60. The van der Waals surface area contributed by atoms with Crippen molar-refractivity contribution in [2.45, 2.75) is 13.5 Å². The van der Waals surface area contributed by atoms with Gasteiger partial charge in [-0.2, -0.15) is 5.10 Å². The molecule has 94 valence electrons. The van der Waals surface area contributed by atoms with Crippen molar-refractivity contribution in [3.8, 4) is 0 Å². The molecule has 18 heavy (non-hydrogen) atoms. The summed E-state index contributed by atoms with van der Waals surface area (Å²) >= 11 is 6.71. The van der Waals surface area contributed by atoms with E-state index in [2.05, 4.69) is 47.4 Å². The summed E-state index contributed by atoms with van der Waals surface area (Å²) in [5, 5.41) is 9.61. The fraction of sp³-hybridized carbons (Fsp3) is 0.167. The number of amides is 1. The molecule has 6 heteroatoms. The number of carbonyl (C=O) groups excluding carboxylic acids is 1. The molecule has 2 N–H and O–H groups in total. The van der Waals surface area contributed by atoms with Crippen molar-refractivity contribution in [2.24, 2.45) is 0 Å². The number of aryl methyl sites for hydroxylation is 1. The summed E-state index contributed by atoms with van der Waals surface area (Å²) in [5.41, 5.74) is 2.55. The van der Waals surface area contributed by atoms with Gasteiger partial charge in [0.1, 0.15) is 0 Å². The smallest absolute Gasteiger partial charge is 0.252 e. The number of aromatic amines is 1. The van der Waals surface area contributed by atoms with Crippen LogP contribution in [0.2, 0.25) is 0 Å². The molecule has 0 radical (unpaired) electrons. The minimum Gasteiger partial charge on any atom is -0.348 e. The minimum atomic E-state index is -0.122. The Morgan fingerprint density at radius 2 is 2.22 bits per heavy atom. The van der Waals surface area contributed by atoms with E-state index in [0.717, 1.165) is 20.2 Å². The van der Waals surface area contributed by atoms with Crippen LogP contribution in [0.4, 0.5) is 0 Å². The number of H-pyrrole nitrogens is 1. The van der Waals surface area contributed by atoms with Crippen molar-refractivity contribution in [2.75, 3.05) is 0 Å². The Hall–Kier alpha value is -1.14. The molecule has 4 nitrogen and oxygen atoms in total. The summed E-state index contributed by atoms with van der Waals surface area (Å²) in [4.78, 5) is 12.0. The number of rotatable bonds is 3. The average molecular weight is 373 g/mol. The van der Waals surface area contributed by atoms with Crippen molar-refractivity contribution >= 4 is 37.8 Å². The summed E-state index contributed by atoms with van der Waals surface area (Å²) in [6.45, 7) is 2.38. The molecule has 0 saturated carbocycles. The van der Waals surface area contributed by atoms with Gasteiger partial charge < -0.3 is 5.32 Å². The van der Waals surface area contributed by atoms with Gasteiger partial charge in [-0.05, 0) is 41.1 Å². The zero-order valence-electron chi connectivity index (χ0n) is 9.63. The quantitative estimate of drug-likeness (QED) is 0.869. The number of aromatic nitrogens is 2. The maximum atomic E-state index is 12.0. The van der Waals surface area contributed by atoms with Gasteiger partial charge in [-0.25, -0.2) is 0 Å². The molecule has 1 amide bonds. The van der Waals surface area contributed by atoms with Crippen LogP contribution in [-0.2, 0) is 6.54 Å². The van der Waals surface area contributed by atoms with E-state index >= 15 is 0 Å². The van der Waals surface area contributed by atoms with Crippen LogP contribution in [0.1, 0.15) is 21.6 Å². The van der Waals surface area contributed by atoms with Crippen molar-refractivity contribution in [3.63, 3.8) is 0 Å². The highest BCUT2D eigenvalue weighted by atomic mass is 79.9. The largest absolute Gasteiger partial charge is 0.348 e. The van der Waals surface area contributed by atoms with E-state index in [1.807, 2.05) is 19.1 Å². The molecular formula is C12H11Br2N3O. The number of carbonyl (C=O) groups is 1. The zero-order valence-corrected chi connectivity index (χ0v) is 12.8. The second-order valence-electron chi connectivity index (χ2n) is 3.83. The van der Waals surface area contributed by atoms with Crippen LogP contribution in [0.15, 0.2) is 33.3 Å². The van der Waals surface area contributed by atoms with Gasteiger partial charge in [0.15, 0.2) is 0 Å². The van der Waals surface area contributed by atoms with Crippen molar-refractivity contribution < 1.29 is 4.79 Å². The Morgan fingerprint density at radius 3 is 2.89 bits per heavy atom. The molecule has 2 aromatic rings. The standard InChI is InChI=1S/C12H11Br2N3O/c1-7-8(6-16-17-7)5-15-12(18)10-4-9(13)2-3-11(10)14/h2-4,6H,5H2,1H3,(H,15,18)(H,16,17). The van der Waals surface area contributed by atoms with Crippen molar-refractivity contribution in [3.05, 3.63) is 50.2 Å². The molecule has 0 aliphatic heterocycles. The van der Waals surface area contributed by atoms with Crippen LogP contribution in [0.5, 0.6) is 0 Å². The Kier molecular flexibility index (Phi) is 4.19. The number of benzene rings is 1. The Balaban J connectivity index is 2.08. The van der Waals surface area contributed by atoms with E-state index in [1.54, 1.807) is 12.3 Å². The van der Waals surface area contributed by atoms with Crippen molar-refractivity contribution in [1.29, 1.82) is 0 Å². The normalized spacial score (nSPS) is 10.4. The predicted molar refractivity (Wildman–Crippen MR) is 76.3 cm³/mol. The number of nitrogens with zero attached hydrogens (tertiary/aromatic N) is 1. The molecule has 0 spiro atoms. The molecule has 1 aromatic heterocycles. The van der Waals surface area contributed by atoms with E-state index in [9.17, 15) is 4.79 Å². The molecular weight excluding hydrogens is 362 g/mol. The summed E-state index contributed by atoms with van der Waals surface area (Å²) in [6, 6.07) is 5.49. The molecule has 2 rings (SSSR count). The minimum absolute atomic E-state index is 0.122. The first kappa shape index (κ1) is 13.3. The fourth-order valence-electron chi connectivity index (χ4n) is 1.50. The lowest BCUT2D eigenvalue weighted by atomic mass is 10.2. The Labute approximate surface area is 121 Å². The van der Waals surface area contributed by atoms with Crippen LogP contribution in [0.3, 0.4) is 0 Å². The van der Waals surface area contributed by atoms with Gasteiger partial charge in [-0.15, -0.1) is 0 Å². The number of hydrogen-bond acceptors (Lipinski definition) is 2. The highest BCUT2D eigenvalue weighted by molar-refractivity contribution is 9.11. The third kappa shape index (κ3) is 3.00. The average Bonchev–Trinajstić information content (AvgIpc) is 2.75. The van der Waals surface area contributed by atoms with E-state index in [-0.39, 0.29) is 5.91 Å². The molecule has 0 atom stereocenters. The molecule has 0 saturated heterocycles. The molecule has 0 unspecified atom stereocenters. The molecule has 0 fully saturated rings. The summed E-state index contributed by atoms with van der Waals surface area (Å²) in [7, 11) is 0. The molecule has 1 heterocycles. The van der Waals surface area contributed by atoms with Gasteiger partial charge in [0.2, 0.25) is 0 Å². The van der Waals surface area contributed by atoms with Crippen LogP contribution in [-0.4, -0.2) is 16.1 Å². The Bertz CT molecular complexity index is 580. The van der Waals surface area contributed by atoms with Gasteiger partial charge in [0.05, 0.1) is 11.8 Å². The maximum Gasteiger partial charge on any atom is 0.252 e. The summed E-state index contributed by atoms with van der Waals surface area (Å²) in [6.07, 6.45) is 1.71. The van der Waals surface area contributed by atoms with Gasteiger partial charge in [-0.3, -0.25) is 9.89 Å². The van der Waals surface area contributed by atoms with Crippen LogP contribution < -0.4 is 5.32 Å². The highest BCUT2D eigenvalue weighted by Gasteiger charge is 2.11. The number of halogens is 2. The molecule has 0 aliphatic carbocycles. The third-order valence-electron chi connectivity index (χ3n) is 2.55.